The van der Waals surface area contributed by atoms with Gasteiger partial charge in [0.1, 0.15) is 5.82 Å². The number of aliphatic hydroxyl groups is 1. The molecule has 2 fully saturated rings. The Morgan fingerprint density at radius 1 is 1.04 bits per heavy atom. The molecule has 126 valence electrons. The van der Waals surface area contributed by atoms with Crippen molar-refractivity contribution in [1.29, 1.82) is 0 Å². The maximum atomic E-state index is 12.9. The van der Waals surface area contributed by atoms with Gasteiger partial charge in [-0.05, 0) is 63.0 Å². The van der Waals surface area contributed by atoms with Crippen LogP contribution in [0.1, 0.15) is 31.2 Å². The van der Waals surface area contributed by atoms with Crippen LogP contribution in [0.5, 0.6) is 0 Å². The van der Waals surface area contributed by atoms with E-state index in [1.165, 1.54) is 25.0 Å². The van der Waals surface area contributed by atoms with Gasteiger partial charge in [0.25, 0.3) is 0 Å². The van der Waals surface area contributed by atoms with Gasteiger partial charge in [-0.2, -0.15) is 0 Å². The average Bonchev–Trinajstić information content (AvgIpc) is 3.01. The highest BCUT2D eigenvalue weighted by molar-refractivity contribution is 5.48. The summed E-state index contributed by atoms with van der Waals surface area (Å²) in [5.74, 6) is -0.204. The van der Waals surface area contributed by atoms with Crippen molar-refractivity contribution in [1.82, 2.24) is 9.80 Å². The van der Waals surface area contributed by atoms with Crippen molar-refractivity contribution in [3.63, 3.8) is 0 Å². The van der Waals surface area contributed by atoms with Gasteiger partial charge in [-0.3, -0.25) is 4.90 Å². The Labute approximate surface area is 138 Å². The predicted octanol–water partition coefficient (Wildman–Crippen LogP) is 2.76. The maximum absolute atomic E-state index is 12.9. The van der Waals surface area contributed by atoms with Gasteiger partial charge in [-0.1, -0.05) is 24.3 Å². The molecule has 0 spiro atoms. The molecule has 2 heterocycles. The molecule has 0 bridgehead atoms. The fourth-order valence-electron chi connectivity index (χ4n) is 3.76. The molecule has 1 atom stereocenters. The van der Waals surface area contributed by atoms with E-state index in [1.54, 1.807) is 12.1 Å². The normalized spacial score (nSPS) is 27.0. The third-order valence-corrected chi connectivity index (χ3v) is 4.89. The Morgan fingerprint density at radius 3 is 2.48 bits per heavy atom. The molecule has 4 heteroatoms. The van der Waals surface area contributed by atoms with Crippen LogP contribution >= 0.6 is 0 Å². The van der Waals surface area contributed by atoms with E-state index >= 15 is 0 Å². The molecule has 3 rings (SSSR count). The number of nitrogens with zero attached hydrogens (tertiary/aromatic N) is 2. The number of piperidine rings is 1. The van der Waals surface area contributed by atoms with Crippen molar-refractivity contribution in [3.8, 4) is 0 Å². The van der Waals surface area contributed by atoms with Crippen LogP contribution in [0.3, 0.4) is 0 Å². The topological polar surface area (TPSA) is 26.7 Å². The molecule has 2 saturated heterocycles. The summed E-state index contributed by atoms with van der Waals surface area (Å²) in [6, 6.07) is 6.53. The highest BCUT2D eigenvalue weighted by Crippen LogP contribution is 2.24. The molecule has 0 aliphatic carbocycles. The van der Waals surface area contributed by atoms with Crippen LogP contribution in [0, 0.1) is 5.82 Å². The van der Waals surface area contributed by atoms with Gasteiger partial charge in [0.15, 0.2) is 0 Å². The second-order valence-corrected chi connectivity index (χ2v) is 7.00. The predicted molar refractivity (Wildman–Crippen MR) is 91.7 cm³/mol. The van der Waals surface area contributed by atoms with Gasteiger partial charge in [0.2, 0.25) is 0 Å². The van der Waals surface area contributed by atoms with E-state index in [4.69, 9.17) is 0 Å². The highest BCUT2D eigenvalue weighted by atomic mass is 19.1. The number of benzene rings is 1. The second-order valence-electron chi connectivity index (χ2n) is 7.00. The van der Waals surface area contributed by atoms with Gasteiger partial charge in [0.05, 0.1) is 5.60 Å². The molecule has 0 unspecified atom stereocenters. The van der Waals surface area contributed by atoms with Crippen LogP contribution in [0.2, 0.25) is 0 Å². The first-order valence-corrected chi connectivity index (χ1v) is 8.72. The van der Waals surface area contributed by atoms with E-state index in [0.29, 0.717) is 0 Å². The minimum Gasteiger partial charge on any atom is -0.387 e. The Hall–Kier alpha value is -1.23. The zero-order valence-corrected chi connectivity index (χ0v) is 13.8. The van der Waals surface area contributed by atoms with E-state index in [0.717, 1.165) is 57.7 Å². The minimum atomic E-state index is -0.563. The first-order chi connectivity index (χ1) is 11.1. The van der Waals surface area contributed by atoms with Crippen LogP contribution in [-0.2, 0) is 0 Å². The molecule has 2 aliphatic heterocycles. The lowest BCUT2D eigenvalue weighted by atomic mass is 9.92. The molecule has 1 aromatic rings. The van der Waals surface area contributed by atoms with Crippen LogP contribution in [0.25, 0.3) is 6.08 Å². The van der Waals surface area contributed by atoms with Crippen LogP contribution in [0.4, 0.5) is 4.39 Å². The quantitative estimate of drug-likeness (QED) is 0.904. The van der Waals surface area contributed by atoms with Crippen molar-refractivity contribution in [2.75, 3.05) is 39.3 Å². The van der Waals surface area contributed by atoms with Crippen LogP contribution < -0.4 is 0 Å². The van der Waals surface area contributed by atoms with Crippen molar-refractivity contribution < 1.29 is 9.50 Å². The first-order valence-electron chi connectivity index (χ1n) is 8.72. The lowest BCUT2D eigenvalue weighted by Crippen LogP contribution is -2.53. The number of β-amino-alcohol motifs (C(OH)–C–C–N with tert-alkyl or cyclic N) is 1. The van der Waals surface area contributed by atoms with Gasteiger partial charge in [-0.15, -0.1) is 0 Å². The van der Waals surface area contributed by atoms with E-state index in [2.05, 4.69) is 15.9 Å². The Morgan fingerprint density at radius 2 is 1.74 bits per heavy atom. The van der Waals surface area contributed by atoms with E-state index in [9.17, 15) is 9.50 Å². The molecule has 3 nitrogen and oxygen atoms in total. The largest absolute Gasteiger partial charge is 0.387 e. The van der Waals surface area contributed by atoms with E-state index in [1.807, 2.05) is 6.08 Å². The smallest absolute Gasteiger partial charge is 0.123 e. The fourth-order valence-corrected chi connectivity index (χ4v) is 3.76. The number of hydrogen-bond donors (Lipinski definition) is 1. The van der Waals surface area contributed by atoms with Crippen molar-refractivity contribution >= 4 is 6.08 Å². The lowest BCUT2D eigenvalue weighted by molar-refractivity contribution is -0.0469. The summed E-state index contributed by atoms with van der Waals surface area (Å²) in [7, 11) is 0. The number of hydrogen-bond acceptors (Lipinski definition) is 3. The molecule has 0 radical (unpaired) electrons. The number of likely N-dealkylation sites (tertiary alicyclic amines) is 2. The summed E-state index contributed by atoms with van der Waals surface area (Å²) < 4.78 is 12.9. The Balaban J connectivity index is 1.50. The summed E-state index contributed by atoms with van der Waals surface area (Å²) in [5, 5.41) is 10.9. The zero-order valence-electron chi connectivity index (χ0n) is 13.8. The summed E-state index contributed by atoms with van der Waals surface area (Å²) in [6.07, 6.45) is 8.61. The van der Waals surface area contributed by atoms with Gasteiger partial charge in [0, 0.05) is 19.6 Å². The monoisotopic (exact) mass is 318 g/mol. The molecular formula is C19H27FN2O. The van der Waals surface area contributed by atoms with Gasteiger partial charge in [-0.25, -0.2) is 4.39 Å². The van der Waals surface area contributed by atoms with Crippen molar-refractivity contribution in [2.24, 2.45) is 0 Å². The molecule has 0 saturated carbocycles. The zero-order chi connectivity index (χ0) is 16.1. The second kappa shape index (κ2) is 7.56. The van der Waals surface area contributed by atoms with Crippen molar-refractivity contribution in [2.45, 2.75) is 31.3 Å². The van der Waals surface area contributed by atoms with Gasteiger partial charge >= 0.3 is 0 Å². The van der Waals surface area contributed by atoms with Gasteiger partial charge < -0.3 is 10.0 Å². The summed E-state index contributed by atoms with van der Waals surface area (Å²) >= 11 is 0. The Bertz CT molecular complexity index is 525. The third-order valence-electron chi connectivity index (χ3n) is 4.89. The average molecular weight is 318 g/mol. The number of halogens is 1. The molecule has 0 aromatic heterocycles. The third kappa shape index (κ3) is 4.87. The van der Waals surface area contributed by atoms with Crippen molar-refractivity contribution in [3.05, 3.63) is 41.7 Å². The maximum Gasteiger partial charge on any atom is 0.123 e. The lowest BCUT2D eigenvalue weighted by Gasteiger charge is -2.40. The first kappa shape index (κ1) is 16.6. The molecule has 0 amide bonds. The summed E-state index contributed by atoms with van der Waals surface area (Å²) in [5.41, 5.74) is 0.447. The standard InChI is InChI=1S/C19H27FN2O/c20-18-8-6-17(7-9-18)5-3-13-22-14-4-10-19(23,16-22)15-21-11-1-2-12-21/h3,5-9,23H,1-2,4,10-16H2/b5-3+/t19-/m0/s1. The molecule has 1 N–H and O–H groups in total. The summed E-state index contributed by atoms with van der Waals surface area (Å²) in [4.78, 5) is 4.72. The molecular weight excluding hydrogens is 291 g/mol. The Kier molecular flexibility index (Phi) is 5.46. The van der Waals surface area contributed by atoms with E-state index in [-0.39, 0.29) is 5.82 Å². The highest BCUT2D eigenvalue weighted by Gasteiger charge is 2.35. The fraction of sp³-hybridized carbons (Fsp3) is 0.579. The summed E-state index contributed by atoms with van der Waals surface area (Å²) in [6.45, 7) is 5.69. The number of rotatable bonds is 5. The van der Waals surface area contributed by atoms with E-state index < -0.39 is 5.60 Å². The van der Waals surface area contributed by atoms with Crippen LogP contribution in [0.15, 0.2) is 30.3 Å². The molecule has 23 heavy (non-hydrogen) atoms. The minimum absolute atomic E-state index is 0.204. The SMILES string of the molecule is O[C@]1(CN2CCCC2)CCCN(C/C=C/c2ccc(F)cc2)C1. The molecule has 2 aliphatic rings. The van der Waals surface area contributed by atoms with Crippen LogP contribution in [-0.4, -0.2) is 59.8 Å². The molecule has 1 aromatic carbocycles.